The second kappa shape index (κ2) is 6.80. The Morgan fingerprint density at radius 1 is 1.08 bits per heavy atom. The fourth-order valence-corrected chi connectivity index (χ4v) is 3.34. The molecule has 6 heteroatoms. The van der Waals surface area contributed by atoms with Crippen LogP contribution in [0.25, 0.3) is 11.5 Å². The molecule has 0 atom stereocenters. The first-order valence-corrected chi connectivity index (χ1v) is 8.82. The summed E-state index contributed by atoms with van der Waals surface area (Å²) in [6, 6.07) is 12.0. The number of carbonyl (C=O) groups is 1. The van der Waals surface area contributed by atoms with Crippen molar-refractivity contribution in [2.75, 3.05) is 26.3 Å². The third-order valence-electron chi connectivity index (χ3n) is 4.64. The van der Waals surface area contributed by atoms with Crippen molar-refractivity contribution in [3.8, 4) is 11.5 Å². The molecule has 26 heavy (non-hydrogen) atoms. The molecule has 0 radical (unpaired) electrons. The molecule has 1 fully saturated rings. The van der Waals surface area contributed by atoms with Gasteiger partial charge >= 0.3 is 0 Å². The molecular formula is C20H22N4O2. The number of benzene rings is 1. The van der Waals surface area contributed by atoms with Crippen LogP contribution in [0.1, 0.15) is 21.6 Å². The molecule has 0 spiro atoms. The number of carbonyl (C=O) groups excluding carboxylic acids is 1. The first-order valence-electron chi connectivity index (χ1n) is 8.82. The Morgan fingerprint density at radius 3 is 2.50 bits per heavy atom. The SMILES string of the molecule is Cc1cccc(-n2nc(C)c(C(=O)N3CCOCC3)c2-n2cccc2)c1. The van der Waals surface area contributed by atoms with Crippen molar-refractivity contribution >= 4 is 5.91 Å². The molecular weight excluding hydrogens is 328 g/mol. The maximum absolute atomic E-state index is 13.3. The molecule has 3 aromatic rings. The largest absolute Gasteiger partial charge is 0.378 e. The number of ether oxygens (including phenoxy) is 1. The average molecular weight is 350 g/mol. The van der Waals surface area contributed by atoms with Crippen molar-refractivity contribution in [3.63, 3.8) is 0 Å². The third kappa shape index (κ3) is 2.93. The van der Waals surface area contributed by atoms with E-state index in [0.29, 0.717) is 31.9 Å². The van der Waals surface area contributed by atoms with Gasteiger partial charge in [0.15, 0.2) is 5.82 Å². The third-order valence-corrected chi connectivity index (χ3v) is 4.64. The summed E-state index contributed by atoms with van der Waals surface area (Å²) in [5, 5.41) is 4.71. The second-order valence-corrected chi connectivity index (χ2v) is 6.53. The minimum atomic E-state index is 0.00778. The molecule has 134 valence electrons. The van der Waals surface area contributed by atoms with Gasteiger partial charge in [-0.1, -0.05) is 12.1 Å². The highest BCUT2D eigenvalue weighted by Gasteiger charge is 2.28. The van der Waals surface area contributed by atoms with E-state index in [0.717, 1.165) is 22.8 Å². The van der Waals surface area contributed by atoms with Crippen LogP contribution < -0.4 is 0 Å². The fraction of sp³-hybridized carbons (Fsp3) is 0.300. The van der Waals surface area contributed by atoms with Crippen LogP contribution >= 0.6 is 0 Å². The van der Waals surface area contributed by atoms with Crippen molar-refractivity contribution in [1.82, 2.24) is 19.2 Å². The van der Waals surface area contributed by atoms with E-state index in [1.165, 1.54) is 0 Å². The summed E-state index contributed by atoms with van der Waals surface area (Å²) in [5.74, 6) is 0.781. The van der Waals surface area contributed by atoms with Crippen LogP contribution in [0, 0.1) is 13.8 Å². The van der Waals surface area contributed by atoms with Gasteiger partial charge in [-0.2, -0.15) is 5.10 Å². The predicted molar refractivity (Wildman–Crippen MR) is 99.1 cm³/mol. The standard InChI is InChI=1S/C20H22N4O2/c1-15-6-5-7-17(14-15)24-19(22-8-3-4-9-22)18(16(2)21-24)20(25)23-10-12-26-13-11-23/h3-9,14H,10-13H2,1-2H3. The number of aryl methyl sites for hydroxylation is 2. The van der Waals surface area contributed by atoms with Crippen molar-refractivity contribution in [1.29, 1.82) is 0 Å². The number of hydrogen-bond donors (Lipinski definition) is 0. The predicted octanol–water partition coefficient (Wildman–Crippen LogP) is 2.75. The monoisotopic (exact) mass is 350 g/mol. The number of nitrogens with zero attached hydrogens (tertiary/aromatic N) is 4. The maximum Gasteiger partial charge on any atom is 0.259 e. The average Bonchev–Trinajstić information content (AvgIpc) is 3.29. The summed E-state index contributed by atoms with van der Waals surface area (Å²) in [5.41, 5.74) is 3.46. The van der Waals surface area contributed by atoms with Gasteiger partial charge in [0.05, 0.1) is 24.6 Å². The van der Waals surface area contributed by atoms with Crippen LogP contribution in [-0.4, -0.2) is 51.5 Å². The Hall–Kier alpha value is -2.86. The van der Waals surface area contributed by atoms with Crippen molar-refractivity contribution < 1.29 is 9.53 Å². The van der Waals surface area contributed by atoms with Gasteiger partial charge in [-0.25, -0.2) is 4.68 Å². The normalized spacial score (nSPS) is 14.6. The van der Waals surface area contributed by atoms with Gasteiger partial charge in [-0.15, -0.1) is 0 Å². The van der Waals surface area contributed by atoms with Crippen LogP contribution in [-0.2, 0) is 4.74 Å². The Kier molecular flexibility index (Phi) is 4.34. The van der Waals surface area contributed by atoms with E-state index in [-0.39, 0.29) is 5.91 Å². The Morgan fingerprint density at radius 2 is 1.81 bits per heavy atom. The van der Waals surface area contributed by atoms with Crippen LogP contribution in [0.2, 0.25) is 0 Å². The van der Waals surface area contributed by atoms with Crippen LogP contribution in [0.15, 0.2) is 48.8 Å². The van der Waals surface area contributed by atoms with Crippen LogP contribution in [0.4, 0.5) is 0 Å². The minimum absolute atomic E-state index is 0.00778. The van der Waals surface area contributed by atoms with Gasteiger partial charge in [0.25, 0.3) is 5.91 Å². The molecule has 0 N–H and O–H groups in total. The zero-order chi connectivity index (χ0) is 18.1. The van der Waals surface area contributed by atoms with Crippen LogP contribution in [0.3, 0.4) is 0 Å². The lowest BCUT2D eigenvalue weighted by Crippen LogP contribution is -2.41. The lowest BCUT2D eigenvalue weighted by Gasteiger charge is -2.27. The quantitative estimate of drug-likeness (QED) is 0.730. The molecule has 0 bridgehead atoms. The smallest absolute Gasteiger partial charge is 0.259 e. The zero-order valence-corrected chi connectivity index (χ0v) is 15.1. The molecule has 2 aromatic heterocycles. The van der Waals surface area contributed by atoms with E-state index in [1.807, 2.05) is 57.7 Å². The summed E-state index contributed by atoms with van der Waals surface area (Å²) >= 11 is 0. The molecule has 0 aliphatic carbocycles. The minimum Gasteiger partial charge on any atom is -0.378 e. The van der Waals surface area contributed by atoms with Crippen molar-refractivity contribution in [2.45, 2.75) is 13.8 Å². The zero-order valence-electron chi connectivity index (χ0n) is 15.1. The highest BCUT2D eigenvalue weighted by molar-refractivity contribution is 5.98. The van der Waals surface area contributed by atoms with Gasteiger partial charge in [0.2, 0.25) is 0 Å². The van der Waals surface area contributed by atoms with E-state index >= 15 is 0 Å². The van der Waals surface area contributed by atoms with Crippen molar-refractivity contribution in [3.05, 3.63) is 65.6 Å². The van der Waals surface area contributed by atoms with Crippen molar-refractivity contribution in [2.24, 2.45) is 0 Å². The molecule has 3 heterocycles. The Bertz CT molecular complexity index is 921. The van der Waals surface area contributed by atoms with Gasteiger partial charge < -0.3 is 14.2 Å². The second-order valence-electron chi connectivity index (χ2n) is 6.53. The first-order chi connectivity index (χ1) is 12.6. The summed E-state index contributed by atoms with van der Waals surface area (Å²) in [7, 11) is 0. The number of rotatable bonds is 3. The molecule has 1 aliphatic heterocycles. The van der Waals surface area contributed by atoms with Crippen LogP contribution in [0.5, 0.6) is 0 Å². The lowest BCUT2D eigenvalue weighted by atomic mass is 10.2. The number of hydrogen-bond acceptors (Lipinski definition) is 3. The summed E-state index contributed by atoms with van der Waals surface area (Å²) in [6.45, 7) is 6.32. The molecule has 0 unspecified atom stereocenters. The molecule has 1 aromatic carbocycles. The van der Waals surface area contributed by atoms with E-state index in [9.17, 15) is 4.79 Å². The highest BCUT2D eigenvalue weighted by Crippen LogP contribution is 2.25. The van der Waals surface area contributed by atoms with E-state index in [2.05, 4.69) is 19.1 Å². The first kappa shape index (κ1) is 16.6. The molecule has 1 saturated heterocycles. The molecule has 4 rings (SSSR count). The van der Waals surface area contributed by atoms with E-state index < -0.39 is 0 Å². The number of morpholine rings is 1. The topological polar surface area (TPSA) is 52.3 Å². The van der Waals surface area contributed by atoms with Gasteiger partial charge in [0, 0.05) is 25.5 Å². The van der Waals surface area contributed by atoms with Gasteiger partial charge in [-0.3, -0.25) is 4.79 Å². The summed E-state index contributed by atoms with van der Waals surface area (Å²) in [6.07, 6.45) is 3.89. The fourth-order valence-electron chi connectivity index (χ4n) is 3.34. The van der Waals surface area contributed by atoms with Gasteiger partial charge in [-0.05, 0) is 43.7 Å². The highest BCUT2D eigenvalue weighted by atomic mass is 16.5. The Balaban J connectivity index is 1.87. The van der Waals surface area contributed by atoms with Gasteiger partial charge in [0.1, 0.15) is 5.56 Å². The Labute approximate surface area is 152 Å². The molecule has 0 saturated carbocycles. The molecule has 1 aliphatic rings. The molecule has 1 amide bonds. The number of amides is 1. The summed E-state index contributed by atoms with van der Waals surface area (Å²) in [4.78, 5) is 15.1. The lowest BCUT2D eigenvalue weighted by molar-refractivity contribution is 0.0302. The number of aromatic nitrogens is 3. The molecule has 6 nitrogen and oxygen atoms in total. The van der Waals surface area contributed by atoms with E-state index in [4.69, 9.17) is 9.84 Å². The van der Waals surface area contributed by atoms with E-state index in [1.54, 1.807) is 0 Å². The maximum atomic E-state index is 13.3. The summed E-state index contributed by atoms with van der Waals surface area (Å²) < 4.78 is 9.20.